The van der Waals surface area contributed by atoms with E-state index in [1.165, 1.54) is 7.11 Å². The predicted molar refractivity (Wildman–Crippen MR) is 168 cm³/mol. The molecule has 1 saturated carbocycles. The van der Waals surface area contributed by atoms with Crippen molar-refractivity contribution in [2.75, 3.05) is 30.8 Å². The van der Waals surface area contributed by atoms with Crippen LogP contribution in [0.1, 0.15) is 50.3 Å². The molecule has 226 valence electrons. The lowest BCUT2D eigenvalue weighted by Crippen LogP contribution is -2.58. The van der Waals surface area contributed by atoms with Crippen LogP contribution in [0.3, 0.4) is 0 Å². The number of amides is 2. The van der Waals surface area contributed by atoms with E-state index in [9.17, 15) is 14.4 Å². The summed E-state index contributed by atoms with van der Waals surface area (Å²) in [5.74, 6) is -0.553. The van der Waals surface area contributed by atoms with Gasteiger partial charge in [0.2, 0.25) is 5.91 Å². The topological polar surface area (TPSA) is 97.0 Å². The monoisotopic (exact) mass is 623 g/mol. The van der Waals surface area contributed by atoms with Crippen molar-refractivity contribution in [1.29, 1.82) is 0 Å². The van der Waals surface area contributed by atoms with E-state index in [-0.39, 0.29) is 24.0 Å². The van der Waals surface area contributed by atoms with E-state index < -0.39 is 17.0 Å². The third-order valence-electron chi connectivity index (χ3n) is 7.60. The van der Waals surface area contributed by atoms with E-state index in [1.807, 2.05) is 32.9 Å². The number of anilines is 2. The van der Waals surface area contributed by atoms with Crippen molar-refractivity contribution >= 4 is 52.5 Å². The van der Waals surface area contributed by atoms with Crippen LogP contribution in [0.5, 0.6) is 0 Å². The number of halogens is 2. The number of nitrogens with one attached hydrogen (secondary N) is 2. The van der Waals surface area contributed by atoms with Gasteiger partial charge in [0.1, 0.15) is 11.0 Å². The molecule has 3 aromatic carbocycles. The predicted octanol–water partition coefficient (Wildman–Crippen LogP) is 6.88. The number of methoxy groups -OCH3 is 1. The van der Waals surface area contributed by atoms with Crippen LogP contribution >= 0.6 is 23.2 Å². The third kappa shape index (κ3) is 6.60. The minimum atomic E-state index is -1.39. The zero-order valence-corrected chi connectivity index (χ0v) is 26.1. The Labute approximate surface area is 261 Å². The molecule has 2 amide bonds. The molecule has 1 aliphatic heterocycles. The smallest absolute Gasteiger partial charge is 0.410 e. The maximum atomic E-state index is 14.0. The van der Waals surface area contributed by atoms with Crippen molar-refractivity contribution in [3.05, 3.63) is 93.5 Å². The molecule has 0 radical (unpaired) electrons. The Morgan fingerprint density at radius 2 is 1.35 bits per heavy atom. The first-order chi connectivity index (χ1) is 20.4. The van der Waals surface area contributed by atoms with Gasteiger partial charge in [0.25, 0.3) is 0 Å². The van der Waals surface area contributed by atoms with Gasteiger partial charge in [-0.15, -0.1) is 0 Å². The molecule has 8 nitrogen and oxygen atoms in total. The molecule has 0 spiro atoms. The Morgan fingerprint density at radius 3 is 1.84 bits per heavy atom. The second-order valence-corrected chi connectivity index (χ2v) is 12.9. The molecule has 10 heteroatoms. The zero-order valence-electron chi connectivity index (χ0n) is 24.6. The summed E-state index contributed by atoms with van der Waals surface area (Å²) < 4.78 is 11.0. The summed E-state index contributed by atoms with van der Waals surface area (Å²) in [4.78, 5) is 40.9. The number of carbonyl (C=O) groups excluding carboxylic acids is 3. The lowest BCUT2D eigenvalue weighted by Gasteiger charge is -2.41. The molecule has 2 fully saturated rings. The van der Waals surface area contributed by atoms with Gasteiger partial charge in [-0.1, -0.05) is 53.5 Å². The van der Waals surface area contributed by atoms with Gasteiger partial charge in [-0.3, -0.25) is 9.59 Å². The number of nitrogens with zero attached hydrogens (tertiary/aromatic N) is 1. The Hall–Kier alpha value is -3.75. The standard InChI is InChI=1S/C33H35Cl2N3O5/c1-32(2,3)43-31(41)38-18-26(19-38)36-28-17-23(11-16-27(28)37-29(39)20-5-6-20)33(30(40)42-4,21-7-12-24(34)13-8-21)22-9-14-25(35)15-10-22/h7-17,20,26,36H,5-6,18-19H2,1-4H3,(H,37,39). The third-order valence-corrected chi connectivity index (χ3v) is 8.10. The summed E-state index contributed by atoms with van der Waals surface area (Å²) in [7, 11) is 1.35. The molecule has 2 N–H and O–H groups in total. The van der Waals surface area contributed by atoms with Gasteiger partial charge in [0.05, 0.1) is 24.5 Å². The first kappa shape index (κ1) is 30.7. The number of likely N-dealkylation sites (tertiary alicyclic amines) is 1. The molecular formula is C33H35Cl2N3O5. The fourth-order valence-corrected chi connectivity index (χ4v) is 5.51. The minimum Gasteiger partial charge on any atom is -0.468 e. The SMILES string of the molecule is COC(=O)C(c1ccc(Cl)cc1)(c1ccc(Cl)cc1)c1ccc(NC(=O)C2CC2)c(NC2CN(C(=O)OC(C)(C)C)C2)c1. The molecule has 1 heterocycles. The normalized spacial score (nSPS) is 15.3. The number of hydrogen-bond donors (Lipinski definition) is 2. The Kier molecular flexibility index (Phi) is 8.63. The van der Waals surface area contributed by atoms with Crippen molar-refractivity contribution in [3.8, 4) is 0 Å². The Balaban J connectivity index is 1.57. The molecule has 0 bridgehead atoms. The maximum absolute atomic E-state index is 14.0. The van der Waals surface area contributed by atoms with Gasteiger partial charge in [0.15, 0.2) is 0 Å². The van der Waals surface area contributed by atoms with Crippen LogP contribution in [0.25, 0.3) is 0 Å². The Morgan fingerprint density at radius 1 is 0.814 bits per heavy atom. The number of rotatable bonds is 8. The summed E-state index contributed by atoms with van der Waals surface area (Å²) in [5.41, 5.74) is 1.13. The van der Waals surface area contributed by atoms with Gasteiger partial charge < -0.3 is 25.0 Å². The molecule has 0 aromatic heterocycles. The second kappa shape index (κ2) is 12.1. The quantitative estimate of drug-likeness (QED) is 0.210. The lowest BCUT2D eigenvalue weighted by atomic mass is 9.69. The number of hydrogen-bond acceptors (Lipinski definition) is 6. The van der Waals surface area contributed by atoms with Gasteiger partial charge in [0, 0.05) is 29.1 Å². The van der Waals surface area contributed by atoms with Gasteiger partial charge >= 0.3 is 12.1 Å². The molecule has 2 aliphatic rings. The highest BCUT2D eigenvalue weighted by Gasteiger charge is 2.46. The average molecular weight is 625 g/mol. The van der Waals surface area contributed by atoms with E-state index in [4.69, 9.17) is 32.7 Å². The van der Waals surface area contributed by atoms with Gasteiger partial charge in [-0.25, -0.2) is 4.79 Å². The second-order valence-electron chi connectivity index (χ2n) is 12.0. The molecule has 0 atom stereocenters. The van der Waals surface area contributed by atoms with E-state index in [0.717, 1.165) is 12.8 Å². The van der Waals surface area contributed by atoms with Crippen LogP contribution in [0.4, 0.5) is 16.2 Å². The summed E-state index contributed by atoms with van der Waals surface area (Å²) >= 11 is 12.5. The molecule has 5 rings (SSSR count). The summed E-state index contributed by atoms with van der Waals surface area (Å²) in [5, 5.41) is 7.59. The van der Waals surface area contributed by atoms with E-state index in [1.54, 1.807) is 59.5 Å². The summed E-state index contributed by atoms with van der Waals surface area (Å²) in [6, 6.07) is 19.5. The first-order valence-corrected chi connectivity index (χ1v) is 15.0. The number of ether oxygens (including phenoxy) is 2. The lowest BCUT2D eigenvalue weighted by molar-refractivity contribution is -0.144. The minimum absolute atomic E-state index is 0.00353. The van der Waals surface area contributed by atoms with E-state index in [0.29, 0.717) is 51.2 Å². The number of carbonyl (C=O) groups is 3. The van der Waals surface area contributed by atoms with Crippen LogP contribution in [-0.2, 0) is 24.5 Å². The molecule has 1 saturated heterocycles. The van der Waals surface area contributed by atoms with Crippen LogP contribution < -0.4 is 10.6 Å². The zero-order chi connectivity index (χ0) is 30.9. The van der Waals surface area contributed by atoms with Gasteiger partial charge in [-0.05, 0) is 86.7 Å². The average Bonchev–Trinajstić information content (AvgIpc) is 3.78. The van der Waals surface area contributed by atoms with Crippen molar-refractivity contribution in [3.63, 3.8) is 0 Å². The maximum Gasteiger partial charge on any atom is 0.410 e. The summed E-state index contributed by atoms with van der Waals surface area (Å²) in [6.45, 7) is 6.33. The first-order valence-electron chi connectivity index (χ1n) is 14.2. The van der Waals surface area contributed by atoms with Crippen LogP contribution in [0, 0.1) is 5.92 Å². The summed E-state index contributed by atoms with van der Waals surface area (Å²) in [6.07, 6.45) is 1.34. The molecular weight excluding hydrogens is 589 g/mol. The van der Waals surface area contributed by atoms with E-state index in [2.05, 4.69) is 10.6 Å². The van der Waals surface area contributed by atoms with Gasteiger partial charge in [-0.2, -0.15) is 0 Å². The molecule has 43 heavy (non-hydrogen) atoms. The number of benzene rings is 3. The van der Waals surface area contributed by atoms with Crippen molar-refractivity contribution in [2.24, 2.45) is 5.92 Å². The fourth-order valence-electron chi connectivity index (χ4n) is 5.26. The molecule has 0 unspecified atom stereocenters. The van der Waals surface area contributed by atoms with Crippen molar-refractivity contribution in [1.82, 2.24) is 4.90 Å². The largest absolute Gasteiger partial charge is 0.468 e. The highest BCUT2D eigenvalue weighted by Crippen LogP contribution is 2.44. The molecule has 1 aliphatic carbocycles. The number of esters is 1. The highest BCUT2D eigenvalue weighted by atomic mass is 35.5. The van der Waals surface area contributed by atoms with Crippen LogP contribution in [0.2, 0.25) is 10.0 Å². The molecule has 3 aromatic rings. The van der Waals surface area contributed by atoms with Crippen molar-refractivity contribution in [2.45, 2.75) is 50.7 Å². The Bertz CT molecular complexity index is 1460. The van der Waals surface area contributed by atoms with Crippen LogP contribution in [-0.4, -0.2) is 54.7 Å². The highest BCUT2D eigenvalue weighted by molar-refractivity contribution is 6.30. The van der Waals surface area contributed by atoms with E-state index >= 15 is 0 Å². The fraction of sp³-hybridized carbons (Fsp3) is 0.364. The van der Waals surface area contributed by atoms with Crippen molar-refractivity contribution < 1.29 is 23.9 Å². The van der Waals surface area contributed by atoms with Crippen LogP contribution in [0.15, 0.2) is 66.7 Å².